The lowest BCUT2D eigenvalue weighted by molar-refractivity contribution is -0.127. The summed E-state index contributed by atoms with van der Waals surface area (Å²) in [6.45, 7) is 0. The molecule has 4 rings (SSSR count). The predicted molar refractivity (Wildman–Crippen MR) is 94.6 cm³/mol. The summed E-state index contributed by atoms with van der Waals surface area (Å²) in [5, 5.41) is 0. The second-order valence-corrected chi connectivity index (χ2v) is 6.49. The molecule has 2 aromatic rings. The monoisotopic (exact) mass is 400 g/mol. The first-order valence-corrected chi connectivity index (χ1v) is 8.33. The van der Waals surface area contributed by atoms with Gasteiger partial charge in [-0.1, -0.05) is 28.1 Å². The molecule has 0 unspecified atom stereocenters. The van der Waals surface area contributed by atoms with Crippen molar-refractivity contribution in [2.75, 3.05) is 12.0 Å². The molecule has 1 N–H and O–H groups in total. The minimum Gasteiger partial charge on any atom is -0.497 e. The Kier molecular flexibility index (Phi) is 3.82. The van der Waals surface area contributed by atoms with Crippen molar-refractivity contribution in [3.8, 4) is 5.75 Å². The highest BCUT2D eigenvalue weighted by Crippen LogP contribution is 2.36. The lowest BCUT2D eigenvalue weighted by Gasteiger charge is -2.16. The van der Waals surface area contributed by atoms with Crippen molar-refractivity contribution in [2.24, 2.45) is 0 Å². The highest BCUT2D eigenvalue weighted by atomic mass is 79.9. The molecular weight excluding hydrogens is 388 g/mol. The fraction of sp³-hybridized carbons (Fsp3) is 0.111. The molecule has 0 spiro atoms. The number of carbonyl (C=O) groups is 2. The van der Waals surface area contributed by atoms with E-state index in [-0.39, 0.29) is 5.91 Å². The third-order valence-electron chi connectivity index (χ3n) is 4.15. The molecule has 6 nitrogen and oxygen atoms in total. The summed E-state index contributed by atoms with van der Waals surface area (Å²) in [7, 11) is 1.56. The van der Waals surface area contributed by atoms with E-state index in [1.807, 2.05) is 24.3 Å². The number of ether oxygens (including phenoxy) is 1. The number of benzene rings is 2. The molecule has 2 aromatic carbocycles. The van der Waals surface area contributed by atoms with Crippen LogP contribution >= 0.6 is 15.9 Å². The summed E-state index contributed by atoms with van der Waals surface area (Å²) >= 11 is 3.38. The van der Waals surface area contributed by atoms with Crippen molar-refractivity contribution >= 4 is 39.1 Å². The molecule has 2 aliphatic rings. The highest BCUT2D eigenvalue weighted by molar-refractivity contribution is 9.10. The SMILES string of the molecule is COc1ccc(N2C(=O)C3=C(c4ccc(Br)cc4)NO[C@@H]3C2=O)cc1. The van der Waals surface area contributed by atoms with E-state index in [4.69, 9.17) is 9.57 Å². The Bertz CT molecular complexity index is 890. The molecule has 1 saturated heterocycles. The molecule has 0 saturated carbocycles. The quantitative estimate of drug-likeness (QED) is 0.802. The van der Waals surface area contributed by atoms with Gasteiger partial charge in [0, 0.05) is 10.0 Å². The molecule has 0 bridgehead atoms. The minimum atomic E-state index is -0.937. The average molecular weight is 401 g/mol. The molecule has 126 valence electrons. The summed E-state index contributed by atoms with van der Waals surface area (Å²) in [5.41, 5.74) is 4.82. The molecule has 2 aliphatic heterocycles. The maximum Gasteiger partial charge on any atom is 0.270 e. The van der Waals surface area contributed by atoms with Crippen molar-refractivity contribution < 1.29 is 19.2 Å². The van der Waals surface area contributed by atoms with Crippen LogP contribution in [0.5, 0.6) is 5.75 Å². The molecular formula is C18H13BrN2O4. The van der Waals surface area contributed by atoms with Gasteiger partial charge in [0.15, 0.2) is 6.10 Å². The second kappa shape index (κ2) is 6.02. The van der Waals surface area contributed by atoms with E-state index in [2.05, 4.69) is 21.4 Å². The molecule has 0 aromatic heterocycles. The van der Waals surface area contributed by atoms with E-state index in [9.17, 15) is 9.59 Å². The van der Waals surface area contributed by atoms with Gasteiger partial charge in [-0.15, -0.1) is 0 Å². The smallest absolute Gasteiger partial charge is 0.270 e. The molecule has 7 heteroatoms. The number of imide groups is 1. The first kappa shape index (κ1) is 15.9. The van der Waals surface area contributed by atoms with E-state index in [0.717, 1.165) is 14.9 Å². The third kappa shape index (κ3) is 2.52. The van der Waals surface area contributed by atoms with Crippen molar-refractivity contribution in [3.05, 3.63) is 64.1 Å². The van der Waals surface area contributed by atoms with Crippen LogP contribution in [0.2, 0.25) is 0 Å². The fourth-order valence-corrected chi connectivity index (χ4v) is 3.16. The summed E-state index contributed by atoms with van der Waals surface area (Å²) in [4.78, 5) is 32.1. The molecule has 2 heterocycles. The Morgan fingerprint density at radius 1 is 1.08 bits per heavy atom. The van der Waals surface area contributed by atoms with Crippen LogP contribution in [-0.4, -0.2) is 25.0 Å². The Morgan fingerprint density at radius 3 is 2.40 bits per heavy atom. The maximum atomic E-state index is 12.9. The molecule has 2 amide bonds. The average Bonchev–Trinajstić information content (AvgIpc) is 3.17. The Balaban J connectivity index is 1.74. The van der Waals surface area contributed by atoms with Crippen LogP contribution in [-0.2, 0) is 14.4 Å². The van der Waals surface area contributed by atoms with Gasteiger partial charge < -0.3 is 4.74 Å². The van der Waals surface area contributed by atoms with Gasteiger partial charge in [-0.3, -0.25) is 19.9 Å². The summed E-state index contributed by atoms with van der Waals surface area (Å²) in [5.74, 6) is -0.149. The van der Waals surface area contributed by atoms with E-state index < -0.39 is 12.0 Å². The molecule has 1 fully saturated rings. The van der Waals surface area contributed by atoms with Crippen LogP contribution in [0.1, 0.15) is 5.56 Å². The number of nitrogens with zero attached hydrogens (tertiary/aromatic N) is 1. The lowest BCUT2D eigenvalue weighted by atomic mass is 10.1. The number of methoxy groups -OCH3 is 1. The van der Waals surface area contributed by atoms with Crippen molar-refractivity contribution in [1.29, 1.82) is 0 Å². The zero-order valence-electron chi connectivity index (χ0n) is 13.2. The number of hydrogen-bond donors (Lipinski definition) is 1. The van der Waals surface area contributed by atoms with E-state index in [1.54, 1.807) is 31.4 Å². The van der Waals surface area contributed by atoms with Crippen LogP contribution in [0.3, 0.4) is 0 Å². The van der Waals surface area contributed by atoms with Crippen molar-refractivity contribution in [1.82, 2.24) is 5.48 Å². The first-order chi connectivity index (χ1) is 12.1. The molecule has 25 heavy (non-hydrogen) atoms. The largest absolute Gasteiger partial charge is 0.497 e. The van der Waals surface area contributed by atoms with Gasteiger partial charge in [0.25, 0.3) is 11.8 Å². The number of carbonyl (C=O) groups excluding carboxylic acids is 2. The number of anilines is 1. The number of hydrogen-bond acceptors (Lipinski definition) is 5. The molecule has 0 aliphatic carbocycles. The third-order valence-corrected chi connectivity index (χ3v) is 4.68. The number of amides is 2. The summed E-state index contributed by atoms with van der Waals surface area (Å²) in [6, 6.07) is 14.2. The Morgan fingerprint density at radius 2 is 1.76 bits per heavy atom. The zero-order valence-corrected chi connectivity index (χ0v) is 14.7. The van der Waals surface area contributed by atoms with Gasteiger partial charge in [0.2, 0.25) is 0 Å². The van der Waals surface area contributed by atoms with Crippen molar-refractivity contribution in [2.45, 2.75) is 6.10 Å². The van der Waals surface area contributed by atoms with Gasteiger partial charge in [-0.2, -0.15) is 0 Å². The summed E-state index contributed by atoms with van der Waals surface area (Å²) in [6.07, 6.45) is -0.937. The van der Waals surface area contributed by atoms with E-state index in [0.29, 0.717) is 22.7 Å². The fourth-order valence-electron chi connectivity index (χ4n) is 2.90. The van der Waals surface area contributed by atoms with E-state index >= 15 is 0 Å². The van der Waals surface area contributed by atoms with Gasteiger partial charge in [-0.25, -0.2) is 4.90 Å². The number of fused-ring (bicyclic) bond motifs is 1. The Labute approximate surface area is 152 Å². The van der Waals surface area contributed by atoms with Crippen LogP contribution in [0.15, 0.2) is 58.6 Å². The van der Waals surface area contributed by atoms with Crippen LogP contribution in [0.4, 0.5) is 5.69 Å². The van der Waals surface area contributed by atoms with Gasteiger partial charge in [0.05, 0.1) is 24.1 Å². The number of hydroxylamine groups is 1. The standard InChI is InChI=1S/C18H13BrN2O4/c1-24-13-8-6-12(7-9-13)21-17(22)14-15(20-25-16(14)18(21)23)10-2-4-11(19)5-3-10/h2-9,16,20H,1H3/t16-/m0/s1. The number of rotatable bonds is 3. The van der Waals surface area contributed by atoms with Crippen LogP contribution in [0.25, 0.3) is 5.70 Å². The topological polar surface area (TPSA) is 67.9 Å². The lowest BCUT2D eigenvalue weighted by Crippen LogP contribution is -2.34. The summed E-state index contributed by atoms with van der Waals surface area (Å²) < 4.78 is 6.03. The zero-order chi connectivity index (χ0) is 17.6. The number of halogens is 1. The van der Waals surface area contributed by atoms with Gasteiger partial charge in [0.1, 0.15) is 5.75 Å². The minimum absolute atomic E-state index is 0.322. The number of nitrogens with one attached hydrogen (secondary N) is 1. The predicted octanol–water partition coefficient (Wildman–Crippen LogP) is 2.65. The van der Waals surface area contributed by atoms with Gasteiger partial charge in [-0.05, 0) is 36.4 Å². The molecule has 0 radical (unpaired) electrons. The second-order valence-electron chi connectivity index (χ2n) is 5.57. The highest BCUT2D eigenvalue weighted by Gasteiger charge is 2.50. The van der Waals surface area contributed by atoms with Gasteiger partial charge >= 0.3 is 0 Å². The van der Waals surface area contributed by atoms with Crippen LogP contribution in [0, 0.1) is 0 Å². The Hall–Kier alpha value is -2.64. The maximum absolute atomic E-state index is 12.9. The van der Waals surface area contributed by atoms with Crippen molar-refractivity contribution in [3.63, 3.8) is 0 Å². The van der Waals surface area contributed by atoms with E-state index in [1.165, 1.54) is 0 Å². The molecule has 1 atom stereocenters. The first-order valence-electron chi connectivity index (χ1n) is 7.54. The van der Waals surface area contributed by atoms with Crippen LogP contribution < -0.4 is 15.1 Å². The normalized spacial score (nSPS) is 19.3.